The number of carbonyl (C=O) groups is 1. The zero-order chi connectivity index (χ0) is 26.3. The number of ether oxygens (including phenoxy) is 1. The number of pyridine rings is 1. The van der Waals surface area contributed by atoms with Crippen molar-refractivity contribution >= 4 is 22.5 Å². The third kappa shape index (κ3) is 4.27. The number of anilines is 1. The third-order valence-electron chi connectivity index (χ3n) is 6.27. The zero-order valence-corrected chi connectivity index (χ0v) is 18.2. The highest BCUT2D eigenvalue weighted by Crippen LogP contribution is 2.38. The highest BCUT2D eigenvalue weighted by molar-refractivity contribution is 5.92. The fourth-order valence-corrected chi connectivity index (χ4v) is 4.37. The van der Waals surface area contributed by atoms with Crippen LogP contribution >= 0.6 is 0 Å². The highest BCUT2D eigenvalue weighted by Gasteiger charge is 2.41. The van der Waals surface area contributed by atoms with Gasteiger partial charge < -0.3 is 15.0 Å². The maximum Gasteiger partial charge on any atom is 0.266 e. The molecule has 0 spiro atoms. The molecule has 1 saturated heterocycles. The van der Waals surface area contributed by atoms with Crippen molar-refractivity contribution in [1.29, 1.82) is 0 Å². The molecule has 2 atom stereocenters. The molecular formula is C25H26F3N3O2. The van der Waals surface area contributed by atoms with Gasteiger partial charge in [-0.3, -0.25) is 9.78 Å². The first-order valence-corrected chi connectivity index (χ1v) is 10.6. The number of hydrogen-bond donors (Lipinski definition) is 1. The lowest BCUT2D eigenvalue weighted by Gasteiger charge is -2.29. The normalized spacial score (nSPS) is 21.0. The Morgan fingerprint density at radius 2 is 2.06 bits per heavy atom. The molecule has 4 rings (SSSR count). The molecular weight excluding hydrogens is 431 g/mol. The summed E-state index contributed by atoms with van der Waals surface area (Å²) in [6, 6.07) is 10.1. The van der Waals surface area contributed by atoms with E-state index in [0.717, 1.165) is 6.07 Å². The van der Waals surface area contributed by atoms with Crippen LogP contribution in [-0.2, 0) is 15.1 Å². The molecule has 8 heteroatoms. The molecule has 0 unspecified atom stereocenters. The van der Waals surface area contributed by atoms with Crippen LogP contribution in [0.4, 0.5) is 18.9 Å². The van der Waals surface area contributed by atoms with E-state index < -0.39 is 36.5 Å². The molecule has 0 bridgehead atoms. The smallest absolute Gasteiger partial charge is 0.266 e. The van der Waals surface area contributed by atoms with E-state index in [2.05, 4.69) is 10.3 Å². The van der Waals surface area contributed by atoms with E-state index in [1.54, 1.807) is 42.3 Å². The molecule has 0 saturated carbocycles. The molecule has 0 aliphatic carbocycles. The number of halogens is 3. The first-order valence-electron chi connectivity index (χ1n) is 12.1. The van der Waals surface area contributed by atoms with Crippen LogP contribution in [0.25, 0.3) is 10.9 Å². The van der Waals surface area contributed by atoms with Crippen LogP contribution in [0.5, 0.6) is 0 Å². The number of hydrogen-bond acceptors (Lipinski definition) is 4. The number of aromatic nitrogens is 1. The monoisotopic (exact) mass is 460 g/mol. The van der Waals surface area contributed by atoms with Gasteiger partial charge in [0, 0.05) is 43.3 Å². The predicted octanol–water partition coefficient (Wildman–Crippen LogP) is 5.58. The Balaban J connectivity index is 1.74. The summed E-state index contributed by atoms with van der Waals surface area (Å²) in [5.41, 5.74) is -0.122. The van der Waals surface area contributed by atoms with Gasteiger partial charge in [-0.1, -0.05) is 24.3 Å². The van der Waals surface area contributed by atoms with Crippen molar-refractivity contribution in [2.45, 2.75) is 38.3 Å². The van der Waals surface area contributed by atoms with Crippen LogP contribution in [0.15, 0.2) is 48.7 Å². The Hall–Kier alpha value is -3.13. The quantitative estimate of drug-likeness (QED) is 0.522. The Morgan fingerprint density at radius 1 is 1.27 bits per heavy atom. The van der Waals surface area contributed by atoms with Crippen molar-refractivity contribution in [3.8, 4) is 0 Å². The van der Waals surface area contributed by atoms with Gasteiger partial charge in [-0.05, 0) is 37.1 Å². The van der Waals surface area contributed by atoms with Gasteiger partial charge in [0.15, 0.2) is 0 Å². The average molecular weight is 461 g/mol. The molecule has 1 N–H and O–H groups in total. The van der Waals surface area contributed by atoms with Crippen molar-refractivity contribution in [3.05, 3.63) is 71.2 Å². The molecule has 2 heterocycles. The van der Waals surface area contributed by atoms with E-state index in [1.807, 2.05) is 0 Å². The molecule has 1 aliphatic heterocycles. The number of amides is 1. The number of nitrogens with zero attached hydrogens (tertiary/aromatic N) is 2. The van der Waals surface area contributed by atoms with Crippen LogP contribution in [0.2, 0.25) is 0 Å². The van der Waals surface area contributed by atoms with Crippen molar-refractivity contribution in [2.24, 2.45) is 0 Å². The van der Waals surface area contributed by atoms with Crippen molar-refractivity contribution < 1.29 is 26.8 Å². The van der Waals surface area contributed by atoms with E-state index in [-0.39, 0.29) is 18.0 Å². The molecule has 174 valence electrons. The second-order valence-corrected chi connectivity index (χ2v) is 8.29. The minimum absolute atomic E-state index is 0.0806. The first-order chi connectivity index (χ1) is 16.9. The summed E-state index contributed by atoms with van der Waals surface area (Å²) in [6.45, 7) is 3.50. The van der Waals surface area contributed by atoms with Crippen molar-refractivity contribution in [3.63, 3.8) is 0 Å². The number of alkyl halides is 2. The Kier molecular flexibility index (Phi) is 5.29. The number of rotatable bonds is 6. The number of benzene rings is 2. The topological polar surface area (TPSA) is 54.5 Å². The molecule has 3 aromatic rings. The van der Waals surface area contributed by atoms with E-state index in [4.69, 9.17) is 8.85 Å². The molecule has 1 aromatic heterocycles. The molecule has 1 amide bonds. The summed E-state index contributed by atoms with van der Waals surface area (Å²) in [7, 11) is -2.69. The van der Waals surface area contributed by atoms with Crippen molar-refractivity contribution in [2.75, 3.05) is 25.4 Å². The fourth-order valence-electron chi connectivity index (χ4n) is 4.37. The molecule has 33 heavy (non-hydrogen) atoms. The van der Waals surface area contributed by atoms with Crippen LogP contribution < -0.4 is 5.32 Å². The average Bonchev–Trinajstić information content (AvgIpc) is 3.23. The fraction of sp³-hybridized carbons (Fsp3) is 0.360. The van der Waals surface area contributed by atoms with Gasteiger partial charge in [-0.15, -0.1) is 0 Å². The van der Waals surface area contributed by atoms with Crippen LogP contribution in [0.1, 0.15) is 53.5 Å². The van der Waals surface area contributed by atoms with E-state index in [0.29, 0.717) is 35.1 Å². The second-order valence-electron chi connectivity index (χ2n) is 8.29. The summed E-state index contributed by atoms with van der Waals surface area (Å²) in [5.74, 6) is -1.15. The van der Waals surface area contributed by atoms with E-state index >= 15 is 0 Å². The van der Waals surface area contributed by atoms with E-state index in [9.17, 15) is 18.0 Å². The SMILES string of the molecule is [2H]C([2H])([2H])O[C@@]1(c2ccc3nccc(N[C@H](C)c4cccc(C(F)F)c4F)c3c2)CCN(C(C)=O)C1. The summed E-state index contributed by atoms with van der Waals surface area (Å²) in [5, 5.41) is 3.79. The maximum absolute atomic E-state index is 14.7. The van der Waals surface area contributed by atoms with Gasteiger partial charge in [-0.25, -0.2) is 13.2 Å². The molecule has 1 fully saturated rings. The lowest BCUT2D eigenvalue weighted by molar-refractivity contribution is -0.129. The number of likely N-dealkylation sites (tertiary alicyclic amines) is 1. The number of methoxy groups -OCH3 is 1. The largest absolute Gasteiger partial charge is 0.378 e. The number of nitrogens with one attached hydrogen (secondary N) is 1. The lowest BCUT2D eigenvalue weighted by Crippen LogP contribution is -2.34. The summed E-state index contributed by atoms with van der Waals surface area (Å²) < 4.78 is 69.8. The van der Waals surface area contributed by atoms with Gasteiger partial charge in [0.05, 0.1) is 27.8 Å². The van der Waals surface area contributed by atoms with Gasteiger partial charge in [-0.2, -0.15) is 0 Å². The molecule has 1 aliphatic rings. The van der Waals surface area contributed by atoms with Crippen molar-refractivity contribution in [1.82, 2.24) is 9.88 Å². The van der Waals surface area contributed by atoms with E-state index in [1.165, 1.54) is 19.1 Å². The summed E-state index contributed by atoms with van der Waals surface area (Å²) in [4.78, 5) is 17.9. The molecule has 0 radical (unpaired) electrons. The van der Waals surface area contributed by atoms with Gasteiger partial charge in [0.25, 0.3) is 6.43 Å². The number of carbonyl (C=O) groups excluding carboxylic acids is 1. The molecule has 5 nitrogen and oxygen atoms in total. The van der Waals surface area contributed by atoms with Gasteiger partial charge in [0.2, 0.25) is 5.91 Å². The minimum atomic E-state index is -2.93. The van der Waals surface area contributed by atoms with Gasteiger partial charge in [0.1, 0.15) is 11.4 Å². The highest BCUT2D eigenvalue weighted by atomic mass is 19.3. The Morgan fingerprint density at radius 3 is 2.76 bits per heavy atom. The van der Waals surface area contributed by atoms with Crippen LogP contribution in [-0.4, -0.2) is 35.9 Å². The second kappa shape index (κ2) is 9.02. The van der Waals surface area contributed by atoms with Crippen LogP contribution in [0.3, 0.4) is 0 Å². The third-order valence-corrected chi connectivity index (χ3v) is 6.27. The first kappa shape index (κ1) is 19.3. The number of fused-ring (bicyclic) bond motifs is 1. The lowest BCUT2D eigenvalue weighted by atomic mass is 9.91. The Bertz CT molecular complexity index is 1290. The van der Waals surface area contributed by atoms with Gasteiger partial charge >= 0.3 is 0 Å². The minimum Gasteiger partial charge on any atom is -0.378 e. The predicted molar refractivity (Wildman–Crippen MR) is 121 cm³/mol. The standard InChI is InChI=1S/C25H26F3N3O2/c1-15(18-5-4-6-19(23(18)26)24(27)28)30-22-9-11-29-21-8-7-17(13-20(21)22)25(33-3)10-12-31(14-25)16(2)32/h4-9,11,13,15,24H,10,12,14H2,1-3H3,(H,29,30)/t15-,25+/m1/s1/i3D3. The maximum atomic E-state index is 14.7. The Labute approximate surface area is 194 Å². The zero-order valence-electron chi connectivity index (χ0n) is 21.2. The summed E-state index contributed by atoms with van der Waals surface area (Å²) >= 11 is 0. The van der Waals surface area contributed by atoms with Crippen LogP contribution in [0, 0.1) is 5.82 Å². The summed E-state index contributed by atoms with van der Waals surface area (Å²) in [6.07, 6.45) is -1.08. The molecule has 2 aromatic carbocycles.